The minimum absolute atomic E-state index is 0.623. The lowest BCUT2D eigenvalue weighted by atomic mass is 10.3. The number of imidazole rings is 1. The van der Waals surface area contributed by atoms with Crippen LogP contribution in [-0.2, 0) is 6.54 Å². The molecule has 86 valence electrons. The molecule has 1 unspecified atom stereocenters. The van der Waals surface area contributed by atoms with Crippen LogP contribution in [0.5, 0.6) is 0 Å². The van der Waals surface area contributed by atoms with Gasteiger partial charge in [0, 0.05) is 30.7 Å². The van der Waals surface area contributed by atoms with Gasteiger partial charge < -0.3 is 9.88 Å². The van der Waals surface area contributed by atoms with Gasteiger partial charge in [0.25, 0.3) is 0 Å². The Hall–Kier alpha value is -0.480. The van der Waals surface area contributed by atoms with E-state index >= 15 is 0 Å². The molecule has 0 aliphatic rings. The third-order valence-electron chi connectivity index (χ3n) is 2.22. The second kappa shape index (κ2) is 7.77. The lowest BCUT2D eigenvalue weighted by molar-refractivity contribution is 0.539. The number of aromatic nitrogens is 2. The highest BCUT2D eigenvalue weighted by atomic mass is 32.2. The SMILES string of the molecule is CCSCC(C)NCCCn1ccnc1. The summed E-state index contributed by atoms with van der Waals surface area (Å²) in [5.41, 5.74) is 0. The van der Waals surface area contributed by atoms with Crippen molar-refractivity contribution in [2.24, 2.45) is 0 Å². The summed E-state index contributed by atoms with van der Waals surface area (Å²) in [7, 11) is 0. The highest BCUT2D eigenvalue weighted by Crippen LogP contribution is 2.01. The number of hydrogen-bond acceptors (Lipinski definition) is 3. The van der Waals surface area contributed by atoms with Crippen molar-refractivity contribution < 1.29 is 0 Å². The normalized spacial score (nSPS) is 12.9. The largest absolute Gasteiger partial charge is 0.337 e. The van der Waals surface area contributed by atoms with Crippen LogP contribution < -0.4 is 5.32 Å². The Balaban J connectivity index is 1.97. The number of thioether (sulfide) groups is 1. The van der Waals surface area contributed by atoms with Gasteiger partial charge in [0.1, 0.15) is 0 Å². The predicted octanol–water partition coefficient (Wildman–Crippen LogP) is 2.00. The summed E-state index contributed by atoms with van der Waals surface area (Å²) in [6.45, 7) is 6.60. The highest BCUT2D eigenvalue weighted by molar-refractivity contribution is 7.99. The average Bonchev–Trinajstić information content (AvgIpc) is 2.74. The zero-order chi connectivity index (χ0) is 10.9. The molecule has 0 bridgehead atoms. The third-order valence-corrected chi connectivity index (χ3v) is 3.36. The van der Waals surface area contributed by atoms with Crippen molar-refractivity contribution in [3.05, 3.63) is 18.7 Å². The Bertz CT molecular complexity index is 236. The minimum atomic E-state index is 0.623. The molecule has 1 atom stereocenters. The Morgan fingerprint density at radius 1 is 1.53 bits per heavy atom. The maximum Gasteiger partial charge on any atom is 0.0945 e. The molecule has 0 radical (unpaired) electrons. The number of nitrogens with zero attached hydrogens (tertiary/aromatic N) is 2. The summed E-state index contributed by atoms with van der Waals surface area (Å²) in [4.78, 5) is 4.02. The van der Waals surface area contributed by atoms with E-state index in [1.807, 2.05) is 30.5 Å². The average molecular weight is 227 g/mol. The number of hydrogen-bond donors (Lipinski definition) is 1. The van der Waals surface area contributed by atoms with Crippen LogP contribution in [0.3, 0.4) is 0 Å². The molecule has 1 aromatic rings. The first-order chi connectivity index (χ1) is 7.33. The summed E-state index contributed by atoms with van der Waals surface area (Å²) < 4.78 is 2.12. The van der Waals surface area contributed by atoms with Crippen molar-refractivity contribution in [3.8, 4) is 0 Å². The molecule has 15 heavy (non-hydrogen) atoms. The standard InChI is InChI=1S/C11H21N3S/c1-3-15-9-11(2)13-5-4-7-14-8-6-12-10-14/h6,8,10-11,13H,3-5,7,9H2,1-2H3. The van der Waals surface area contributed by atoms with Crippen molar-refractivity contribution >= 4 is 11.8 Å². The van der Waals surface area contributed by atoms with Gasteiger partial charge in [0.05, 0.1) is 6.33 Å². The van der Waals surface area contributed by atoms with Gasteiger partial charge >= 0.3 is 0 Å². The first kappa shape index (κ1) is 12.6. The molecule has 0 aromatic carbocycles. The molecule has 1 heterocycles. The smallest absolute Gasteiger partial charge is 0.0945 e. The second-order valence-corrected chi connectivity index (χ2v) is 4.99. The topological polar surface area (TPSA) is 29.9 Å². The second-order valence-electron chi connectivity index (χ2n) is 3.67. The zero-order valence-electron chi connectivity index (χ0n) is 9.65. The van der Waals surface area contributed by atoms with Crippen LogP contribution in [-0.4, -0.2) is 33.6 Å². The lowest BCUT2D eigenvalue weighted by Crippen LogP contribution is -2.29. The van der Waals surface area contributed by atoms with Crippen LogP contribution >= 0.6 is 11.8 Å². The van der Waals surface area contributed by atoms with E-state index in [0.717, 1.165) is 19.5 Å². The van der Waals surface area contributed by atoms with Crippen molar-refractivity contribution in [1.29, 1.82) is 0 Å². The van der Waals surface area contributed by atoms with Gasteiger partial charge in [-0.05, 0) is 25.6 Å². The molecule has 0 spiro atoms. The van der Waals surface area contributed by atoms with E-state index in [-0.39, 0.29) is 0 Å². The van der Waals surface area contributed by atoms with Crippen molar-refractivity contribution in [1.82, 2.24) is 14.9 Å². The fraction of sp³-hybridized carbons (Fsp3) is 0.727. The third kappa shape index (κ3) is 5.85. The predicted molar refractivity (Wildman–Crippen MR) is 67.3 cm³/mol. The summed E-state index contributed by atoms with van der Waals surface area (Å²) in [5.74, 6) is 2.42. The Labute approximate surface area is 96.7 Å². The van der Waals surface area contributed by atoms with E-state index < -0.39 is 0 Å². The maximum atomic E-state index is 4.02. The van der Waals surface area contributed by atoms with Gasteiger partial charge in [-0.15, -0.1) is 0 Å². The highest BCUT2D eigenvalue weighted by Gasteiger charge is 1.99. The van der Waals surface area contributed by atoms with Crippen molar-refractivity contribution in [2.45, 2.75) is 32.9 Å². The van der Waals surface area contributed by atoms with E-state index in [2.05, 4.69) is 28.7 Å². The molecule has 3 nitrogen and oxygen atoms in total. The number of rotatable bonds is 8. The van der Waals surface area contributed by atoms with Gasteiger partial charge in [0.2, 0.25) is 0 Å². The van der Waals surface area contributed by atoms with Crippen LogP contribution in [0.1, 0.15) is 20.3 Å². The number of aryl methyl sites for hydroxylation is 1. The van der Waals surface area contributed by atoms with Gasteiger partial charge in [0.15, 0.2) is 0 Å². The zero-order valence-corrected chi connectivity index (χ0v) is 10.5. The molecule has 0 saturated carbocycles. The molecule has 0 aliphatic heterocycles. The summed E-state index contributed by atoms with van der Waals surface area (Å²) in [5, 5.41) is 3.53. The van der Waals surface area contributed by atoms with Gasteiger partial charge in [-0.3, -0.25) is 0 Å². The first-order valence-electron chi connectivity index (χ1n) is 5.59. The minimum Gasteiger partial charge on any atom is -0.337 e. The molecule has 1 rings (SSSR count). The molecule has 1 N–H and O–H groups in total. The Morgan fingerprint density at radius 2 is 2.40 bits per heavy atom. The fourth-order valence-corrected chi connectivity index (χ4v) is 2.09. The molecular formula is C11H21N3S. The van der Waals surface area contributed by atoms with E-state index in [4.69, 9.17) is 0 Å². The van der Waals surface area contributed by atoms with E-state index in [1.165, 1.54) is 11.5 Å². The van der Waals surface area contributed by atoms with Crippen LogP contribution in [0, 0.1) is 0 Å². The fourth-order valence-electron chi connectivity index (χ4n) is 1.38. The van der Waals surface area contributed by atoms with Gasteiger partial charge in [-0.2, -0.15) is 11.8 Å². The first-order valence-corrected chi connectivity index (χ1v) is 6.75. The molecule has 0 saturated heterocycles. The monoisotopic (exact) mass is 227 g/mol. The molecule has 0 fully saturated rings. The van der Waals surface area contributed by atoms with Crippen molar-refractivity contribution in [2.75, 3.05) is 18.1 Å². The summed E-state index contributed by atoms with van der Waals surface area (Å²) in [6.07, 6.45) is 6.87. The summed E-state index contributed by atoms with van der Waals surface area (Å²) in [6, 6.07) is 0.623. The van der Waals surface area contributed by atoms with Gasteiger partial charge in [-0.25, -0.2) is 4.98 Å². The number of nitrogens with one attached hydrogen (secondary N) is 1. The quantitative estimate of drug-likeness (QED) is 0.689. The Morgan fingerprint density at radius 3 is 3.07 bits per heavy atom. The maximum absolute atomic E-state index is 4.02. The van der Waals surface area contributed by atoms with Crippen molar-refractivity contribution in [3.63, 3.8) is 0 Å². The van der Waals surface area contributed by atoms with Crippen LogP contribution in [0.15, 0.2) is 18.7 Å². The molecular weight excluding hydrogens is 206 g/mol. The molecule has 1 aromatic heterocycles. The van der Waals surface area contributed by atoms with E-state index in [1.54, 1.807) is 0 Å². The van der Waals surface area contributed by atoms with Crippen LogP contribution in [0.25, 0.3) is 0 Å². The van der Waals surface area contributed by atoms with Crippen LogP contribution in [0.4, 0.5) is 0 Å². The lowest BCUT2D eigenvalue weighted by Gasteiger charge is -2.12. The molecule has 0 aliphatic carbocycles. The van der Waals surface area contributed by atoms with E-state index in [0.29, 0.717) is 6.04 Å². The Kier molecular flexibility index (Phi) is 6.52. The summed E-state index contributed by atoms with van der Waals surface area (Å²) >= 11 is 1.99. The van der Waals surface area contributed by atoms with Crippen LogP contribution in [0.2, 0.25) is 0 Å². The van der Waals surface area contributed by atoms with Gasteiger partial charge in [-0.1, -0.05) is 6.92 Å². The van der Waals surface area contributed by atoms with E-state index in [9.17, 15) is 0 Å². The molecule has 0 amide bonds. The molecule has 4 heteroatoms.